The molecule has 0 heterocycles. The SMILES string of the molecule is CC(C)CCOc1ccc(NC(=O)c2cc(Cl)cc(Cl)c2)cc1. The molecule has 0 spiro atoms. The van der Waals surface area contributed by atoms with Crippen LogP contribution in [-0.4, -0.2) is 12.5 Å². The molecule has 0 atom stereocenters. The van der Waals surface area contributed by atoms with Crippen LogP contribution in [0.1, 0.15) is 30.6 Å². The molecule has 1 N–H and O–H groups in total. The smallest absolute Gasteiger partial charge is 0.255 e. The molecule has 0 aromatic heterocycles. The van der Waals surface area contributed by atoms with E-state index in [4.69, 9.17) is 27.9 Å². The van der Waals surface area contributed by atoms with E-state index >= 15 is 0 Å². The fourth-order valence-electron chi connectivity index (χ4n) is 1.94. The number of rotatable bonds is 6. The quantitative estimate of drug-likeness (QED) is 0.727. The Bertz CT molecular complexity index is 649. The second kappa shape index (κ2) is 8.23. The predicted molar refractivity (Wildman–Crippen MR) is 95.8 cm³/mol. The number of hydrogen-bond acceptors (Lipinski definition) is 2. The van der Waals surface area contributed by atoms with Crippen LogP contribution in [0.5, 0.6) is 5.75 Å². The fraction of sp³-hybridized carbons (Fsp3) is 0.278. The van der Waals surface area contributed by atoms with Gasteiger partial charge in [0.2, 0.25) is 0 Å². The molecule has 0 fully saturated rings. The highest BCUT2D eigenvalue weighted by molar-refractivity contribution is 6.35. The van der Waals surface area contributed by atoms with Crippen LogP contribution in [0.4, 0.5) is 5.69 Å². The Morgan fingerprint density at radius 1 is 1.09 bits per heavy atom. The number of anilines is 1. The Morgan fingerprint density at radius 3 is 2.26 bits per heavy atom. The van der Waals surface area contributed by atoms with Crippen molar-refractivity contribution < 1.29 is 9.53 Å². The van der Waals surface area contributed by atoms with Crippen LogP contribution in [0.25, 0.3) is 0 Å². The van der Waals surface area contributed by atoms with Crippen molar-refractivity contribution in [2.45, 2.75) is 20.3 Å². The van der Waals surface area contributed by atoms with Gasteiger partial charge >= 0.3 is 0 Å². The average Bonchev–Trinajstić information content (AvgIpc) is 2.47. The highest BCUT2D eigenvalue weighted by Crippen LogP contribution is 2.21. The van der Waals surface area contributed by atoms with Gasteiger partial charge in [-0.25, -0.2) is 0 Å². The van der Waals surface area contributed by atoms with Crippen LogP contribution in [0.2, 0.25) is 10.0 Å². The number of carbonyl (C=O) groups excluding carboxylic acids is 1. The second-order valence-corrected chi connectivity index (χ2v) is 6.54. The predicted octanol–water partition coefficient (Wildman–Crippen LogP) is 5.67. The maximum Gasteiger partial charge on any atom is 0.255 e. The largest absolute Gasteiger partial charge is 0.494 e. The molecule has 0 saturated heterocycles. The molecule has 0 bridgehead atoms. The van der Waals surface area contributed by atoms with Crippen molar-refractivity contribution in [2.24, 2.45) is 5.92 Å². The molecule has 0 radical (unpaired) electrons. The first kappa shape index (κ1) is 17.6. The summed E-state index contributed by atoms with van der Waals surface area (Å²) in [6.45, 7) is 5.00. The molecule has 5 heteroatoms. The molecule has 0 aliphatic carbocycles. The maximum atomic E-state index is 12.2. The van der Waals surface area contributed by atoms with Gasteiger partial charge in [-0.15, -0.1) is 0 Å². The van der Waals surface area contributed by atoms with Crippen LogP contribution < -0.4 is 10.1 Å². The first-order chi connectivity index (χ1) is 10.9. The van der Waals surface area contributed by atoms with Crippen LogP contribution in [-0.2, 0) is 0 Å². The van der Waals surface area contributed by atoms with Crippen molar-refractivity contribution >= 4 is 34.8 Å². The van der Waals surface area contributed by atoms with E-state index in [9.17, 15) is 4.79 Å². The number of amides is 1. The highest BCUT2D eigenvalue weighted by Gasteiger charge is 2.08. The minimum Gasteiger partial charge on any atom is -0.494 e. The Labute approximate surface area is 146 Å². The lowest BCUT2D eigenvalue weighted by Crippen LogP contribution is -2.11. The fourth-order valence-corrected chi connectivity index (χ4v) is 2.46. The zero-order valence-corrected chi connectivity index (χ0v) is 14.6. The molecule has 2 rings (SSSR count). The molecule has 23 heavy (non-hydrogen) atoms. The van der Waals surface area contributed by atoms with E-state index in [1.54, 1.807) is 30.3 Å². The summed E-state index contributed by atoms with van der Waals surface area (Å²) in [5, 5.41) is 3.66. The first-order valence-corrected chi connectivity index (χ1v) is 8.20. The molecule has 1 amide bonds. The highest BCUT2D eigenvalue weighted by atomic mass is 35.5. The van der Waals surface area contributed by atoms with Crippen molar-refractivity contribution in [3.8, 4) is 5.75 Å². The van der Waals surface area contributed by atoms with Crippen molar-refractivity contribution in [1.29, 1.82) is 0 Å². The van der Waals surface area contributed by atoms with Gasteiger partial charge in [-0.2, -0.15) is 0 Å². The van der Waals surface area contributed by atoms with Gasteiger partial charge in [-0.1, -0.05) is 37.0 Å². The van der Waals surface area contributed by atoms with Crippen molar-refractivity contribution in [3.63, 3.8) is 0 Å². The average molecular weight is 352 g/mol. The number of ether oxygens (including phenoxy) is 1. The van der Waals surface area contributed by atoms with Gasteiger partial charge < -0.3 is 10.1 Å². The van der Waals surface area contributed by atoms with Crippen molar-refractivity contribution in [2.75, 3.05) is 11.9 Å². The van der Waals surface area contributed by atoms with E-state index in [-0.39, 0.29) is 5.91 Å². The van der Waals surface area contributed by atoms with E-state index in [0.29, 0.717) is 33.8 Å². The van der Waals surface area contributed by atoms with Gasteiger partial charge in [0.15, 0.2) is 0 Å². The lowest BCUT2D eigenvalue weighted by molar-refractivity contribution is 0.102. The summed E-state index contributed by atoms with van der Waals surface area (Å²) >= 11 is 11.8. The van der Waals surface area contributed by atoms with E-state index in [1.165, 1.54) is 0 Å². The summed E-state index contributed by atoms with van der Waals surface area (Å²) in [6.07, 6.45) is 1.01. The van der Waals surface area contributed by atoms with E-state index in [1.807, 2.05) is 12.1 Å². The number of halogens is 2. The Kier molecular flexibility index (Phi) is 6.31. The summed E-state index contributed by atoms with van der Waals surface area (Å²) < 4.78 is 5.65. The van der Waals surface area contributed by atoms with Gasteiger partial charge in [0.05, 0.1) is 6.61 Å². The van der Waals surface area contributed by atoms with E-state index in [2.05, 4.69) is 19.2 Å². The second-order valence-electron chi connectivity index (χ2n) is 5.67. The molecule has 2 aromatic rings. The molecular weight excluding hydrogens is 333 g/mol. The lowest BCUT2D eigenvalue weighted by atomic mass is 10.1. The molecule has 0 saturated carbocycles. The summed E-state index contributed by atoms with van der Waals surface area (Å²) in [5.74, 6) is 1.13. The number of carbonyl (C=O) groups is 1. The van der Waals surface area contributed by atoms with E-state index in [0.717, 1.165) is 12.2 Å². The van der Waals surface area contributed by atoms with Gasteiger partial charge in [-0.3, -0.25) is 4.79 Å². The Balaban J connectivity index is 1.96. The topological polar surface area (TPSA) is 38.3 Å². The van der Waals surface area contributed by atoms with Crippen LogP contribution >= 0.6 is 23.2 Å². The van der Waals surface area contributed by atoms with Gasteiger partial charge in [-0.05, 0) is 54.8 Å². The van der Waals surface area contributed by atoms with Crippen LogP contribution in [0.15, 0.2) is 42.5 Å². The van der Waals surface area contributed by atoms with Gasteiger partial charge in [0.25, 0.3) is 5.91 Å². The third kappa shape index (κ3) is 5.77. The van der Waals surface area contributed by atoms with E-state index < -0.39 is 0 Å². The number of hydrogen-bond donors (Lipinski definition) is 1. The minimum atomic E-state index is -0.261. The van der Waals surface area contributed by atoms with Gasteiger partial charge in [0, 0.05) is 21.3 Å². The molecular formula is C18H19Cl2NO2. The molecule has 0 aliphatic rings. The first-order valence-electron chi connectivity index (χ1n) is 7.44. The van der Waals surface area contributed by atoms with Gasteiger partial charge in [0.1, 0.15) is 5.75 Å². The molecule has 2 aromatic carbocycles. The van der Waals surface area contributed by atoms with Crippen molar-refractivity contribution in [3.05, 3.63) is 58.1 Å². The van der Waals surface area contributed by atoms with Crippen LogP contribution in [0.3, 0.4) is 0 Å². The van der Waals surface area contributed by atoms with Crippen LogP contribution in [0, 0.1) is 5.92 Å². The third-order valence-corrected chi connectivity index (χ3v) is 3.64. The lowest BCUT2D eigenvalue weighted by Gasteiger charge is -2.10. The zero-order valence-electron chi connectivity index (χ0n) is 13.1. The number of nitrogens with one attached hydrogen (secondary N) is 1. The Morgan fingerprint density at radius 2 is 1.70 bits per heavy atom. The molecule has 0 aliphatic heterocycles. The third-order valence-electron chi connectivity index (χ3n) is 3.20. The molecule has 122 valence electrons. The van der Waals surface area contributed by atoms with Crippen molar-refractivity contribution in [1.82, 2.24) is 0 Å². The molecule has 3 nitrogen and oxygen atoms in total. The Hall–Kier alpha value is -1.71. The minimum absolute atomic E-state index is 0.261. The summed E-state index contributed by atoms with van der Waals surface area (Å²) in [4.78, 5) is 12.2. The summed E-state index contributed by atoms with van der Waals surface area (Å²) in [5.41, 5.74) is 1.10. The molecule has 0 unspecified atom stereocenters. The summed E-state index contributed by atoms with van der Waals surface area (Å²) in [6, 6.07) is 12.0. The maximum absolute atomic E-state index is 12.2. The monoisotopic (exact) mass is 351 g/mol. The standard InChI is InChI=1S/C18H19Cl2NO2/c1-12(2)7-8-23-17-5-3-16(4-6-17)21-18(22)13-9-14(19)11-15(20)10-13/h3-6,9-12H,7-8H2,1-2H3,(H,21,22). The zero-order chi connectivity index (χ0) is 16.8. The number of benzene rings is 2. The normalized spacial score (nSPS) is 10.7. The summed E-state index contributed by atoms with van der Waals surface area (Å²) in [7, 11) is 0.